The molecule has 0 amide bonds. The minimum atomic E-state index is 0.283. The molecule has 0 fully saturated rings. The van der Waals surface area contributed by atoms with Crippen molar-refractivity contribution in [2.24, 2.45) is 5.73 Å². The van der Waals surface area contributed by atoms with E-state index >= 15 is 0 Å². The first kappa shape index (κ1) is 10.3. The van der Waals surface area contributed by atoms with Crippen molar-refractivity contribution < 1.29 is 4.52 Å². The Morgan fingerprint density at radius 2 is 2.27 bits per heavy atom. The van der Waals surface area contributed by atoms with Gasteiger partial charge in [0.05, 0.1) is 6.54 Å². The molecule has 1 aromatic heterocycles. The largest absolute Gasteiger partial charge is 0.338 e. The molecule has 4 nitrogen and oxygen atoms in total. The molecule has 2 aromatic rings. The van der Waals surface area contributed by atoms with Crippen molar-refractivity contribution >= 4 is 15.9 Å². The average Bonchev–Trinajstić information content (AvgIpc) is 2.65. The van der Waals surface area contributed by atoms with Gasteiger partial charge in [-0.05, 0) is 17.7 Å². The first-order valence-electron chi connectivity index (χ1n) is 4.54. The van der Waals surface area contributed by atoms with Gasteiger partial charge in [-0.3, -0.25) is 0 Å². The molecule has 0 spiro atoms. The number of hydrogen-bond acceptors (Lipinski definition) is 4. The van der Waals surface area contributed by atoms with Crippen LogP contribution in [-0.4, -0.2) is 10.1 Å². The van der Waals surface area contributed by atoms with Gasteiger partial charge >= 0.3 is 0 Å². The van der Waals surface area contributed by atoms with Crippen molar-refractivity contribution in [1.29, 1.82) is 0 Å². The summed E-state index contributed by atoms with van der Waals surface area (Å²) in [5.41, 5.74) is 6.51. The number of aromatic nitrogens is 2. The quantitative estimate of drug-likeness (QED) is 0.923. The third-order valence-electron chi connectivity index (χ3n) is 1.94. The van der Waals surface area contributed by atoms with Gasteiger partial charge in [-0.2, -0.15) is 4.98 Å². The van der Waals surface area contributed by atoms with Crippen LogP contribution in [0, 0.1) is 0 Å². The zero-order chi connectivity index (χ0) is 10.7. The topological polar surface area (TPSA) is 64.9 Å². The van der Waals surface area contributed by atoms with Crippen LogP contribution in [0.3, 0.4) is 0 Å². The molecule has 0 atom stereocenters. The van der Waals surface area contributed by atoms with Gasteiger partial charge in [0.2, 0.25) is 5.89 Å². The lowest BCUT2D eigenvalue weighted by atomic mass is 10.1. The Morgan fingerprint density at radius 1 is 1.40 bits per heavy atom. The maximum absolute atomic E-state index is 5.38. The number of nitrogens with two attached hydrogens (primary N) is 1. The maximum Gasteiger partial charge on any atom is 0.240 e. The predicted octanol–water partition coefficient (Wildman–Crippen LogP) is 1.88. The molecule has 5 heteroatoms. The Labute approximate surface area is 95.6 Å². The molecule has 0 saturated carbocycles. The van der Waals surface area contributed by atoms with E-state index in [4.69, 9.17) is 10.3 Å². The number of rotatable bonds is 3. The van der Waals surface area contributed by atoms with Crippen LogP contribution in [0.15, 0.2) is 33.3 Å². The second kappa shape index (κ2) is 4.55. The smallest absolute Gasteiger partial charge is 0.240 e. The van der Waals surface area contributed by atoms with Gasteiger partial charge in [-0.25, -0.2) is 0 Å². The standard InChI is InChI=1S/C10H10BrN3O/c11-8-3-1-2-7(4-8)5-9-13-10(6-12)15-14-9/h1-4H,5-6,12H2. The van der Waals surface area contributed by atoms with E-state index in [0.717, 1.165) is 10.0 Å². The van der Waals surface area contributed by atoms with E-state index in [2.05, 4.69) is 26.1 Å². The summed E-state index contributed by atoms with van der Waals surface area (Å²) in [5, 5.41) is 3.83. The SMILES string of the molecule is NCc1nc(Cc2cccc(Br)c2)no1. The summed E-state index contributed by atoms with van der Waals surface area (Å²) in [6.45, 7) is 0.283. The molecule has 0 aliphatic heterocycles. The third-order valence-corrected chi connectivity index (χ3v) is 2.43. The molecule has 0 bridgehead atoms. The molecule has 0 radical (unpaired) electrons. The lowest BCUT2D eigenvalue weighted by Gasteiger charge is -1.96. The molecule has 15 heavy (non-hydrogen) atoms. The first-order valence-corrected chi connectivity index (χ1v) is 5.33. The lowest BCUT2D eigenvalue weighted by Crippen LogP contribution is -1.97. The summed E-state index contributed by atoms with van der Waals surface area (Å²) in [5.74, 6) is 1.13. The maximum atomic E-state index is 5.38. The molecular formula is C10H10BrN3O. The van der Waals surface area contributed by atoms with Crippen LogP contribution in [0.1, 0.15) is 17.3 Å². The van der Waals surface area contributed by atoms with E-state index in [1.54, 1.807) is 0 Å². The zero-order valence-corrected chi connectivity index (χ0v) is 9.57. The summed E-state index contributed by atoms with van der Waals surface area (Å²) in [6, 6.07) is 8.00. The molecule has 0 saturated heterocycles. The molecule has 0 aliphatic carbocycles. The molecule has 2 N–H and O–H groups in total. The van der Waals surface area contributed by atoms with Crippen molar-refractivity contribution in [3.05, 3.63) is 46.0 Å². The molecule has 78 valence electrons. The van der Waals surface area contributed by atoms with Crippen LogP contribution in [0.5, 0.6) is 0 Å². The van der Waals surface area contributed by atoms with Crippen molar-refractivity contribution in [3.8, 4) is 0 Å². The number of hydrogen-bond donors (Lipinski definition) is 1. The Kier molecular flexibility index (Phi) is 3.13. The van der Waals surface area contributed by atoms with Crippen LogP contribution in [0.4, 0.5) is 0 Å². The van der Waals surface area contributed by atoms with Gasteiger partial charge in [0.15, 0.2) is 5.82 Å². The summed E-state index contributed by atoms with van der Waals surface area (Å²) < 4.78 is 5.96. The second-order valence-corrected chi connectivity index (χ2v) is 4.03. The van der Waals surface area contributed by atoms with E-state index in [9.17, 15) is 0 Å². The van der Waals surface area contributed by atoms with Crippen LogP contribution in [0.25, 0.3) is 0 Å². The minimum absolute atomic E-state index is 0.283. The van der Waals surface area contributed by atoms with Gasteiger partial charge < -0.3 is 10.3 Å². The summed E-state index contributed by atoms with van der Waals surface area (Å²) >= 11 is 3.41. The van der Waals surface area contributed by atoms with Gasteiger partial charge in [-0.15, -0.1) is 0 Å². The minimum Gasteiger partial charge on any atom is -0.338 e. The Morgan fingerprint density at radius 3 is 2.93 bits per heavy atom. The van der Waals surface area contributed by atoms with Crippen LogP contribution >= 0.6 is 15.9 Å². The van der Waals surface area contributed by atoms with Crippen LogP contribution < -0.4 is 5.73 Å². The molecule has 1 heterocycles. The highest BCUT2D eigenvalue weighted by Crippen LogP contribution is 2.13. The van der Waals surface area contributed by atoms with Crippen molar-refractivity contribution in [2.45, 2.75) is 13.0 Å². The van der Waals surface area contributed by atoms with Gasteiger partial charge in [0.25, 0.3) is 0 Å². The van der Waals surface area contributed by atoms with E-state index < -0.39 is 0 Å². The summed E-state index contributed by atoms with van der Waals surface area (Å²) in [7, 11) is 0. The Balaban J connectivity index is 2.14. The van der Waals surface area contributed by atoms with Crippen LogP contribution in [0.2, 0.25) is 0 Å². The highest BCUT2D eigenvalue weighted by molar-refractivity contribution is 9.10. The fraction of sp³-hybridized carbons (Fsp3) is 0.200. The normalized spacial score (nSPS) is 10.5. The molecule has 0 unspecified atom stereocenters. The highest BCUT2D eigenvalue weighted by Gasteiger charge is 2.05. The Hall–Kier alpha value is -1.20. The average molecular weight is 268 g/mol. The third kappa shape index (κ3) is 2.64. The summed E-state index contributed by atoms with van der Waals surface area (Å²) in [4.78, 5) is 4.14. The van der Waals surface area contributed by atoms with Crippen molar-refractivity contribution in [1.82, 2.24) is 10.1 Å². The van der Waals surface area contributed by atoms with E-state index in [-0.39, 0.29) is 6.54 Å². The van der Waals surface area contributed by atoms with Crippen LogP contribution in [-0.2, 0) is 13.0 Å². The second-order valence-electron chi connectivity index (χ2n) is 3.12. The monoisotopic (exact) mass is 267 g/mol. The summed E-state index contributed by atoms with van der Waals surface area (Å²) in [6.07, 6.45) is 0.656. The van der Waals surface area contributed by atoms with E-state index in [1.807, 2.05) is 24.3 Å². The lowest BCUT2D eigenvalue weighted by molar-refractivity contribution is 0.375. The number of nitrogens with zero attached hydrogens (tertiary/aromatic N) is 2. The van der Waals surface area contributed by atoms with Gasteiger partial charge in [0, 0.05) is 10.9 Å². The van der Waals surface area contributed by atoms with E-state index in [1.165, 1.54) is 0 Å². The van der Waals surface area contributed by atoms with Gasteiger partial charge in [0.1, 0.15) is 0 Å². The molecule has 1 aromatic carbocycles. The molecule has 0 aliphatic rings. The fourth-order valence-electron chi connectivity index (χ4n) is 1.27. The predicted molar refractivity (Wildman–Crippen MR) is 59.1 cm³/mol. The van der Waals surface area contributed by atoms with Crippen molar-refractivity contribution in [2.75, 3.05) is 0 Å². The Bertz CT molecular complexity index is 455. The fourth-order valence-corrected chi connectivity index (χ4v) is 1.72. The molecule has 2 rings (SSSR count). The number of halogens is 1. The first-order chi connectivity index (χ1) is 7.28. The zero-order valence-electron chi connectivity index (χ0n) is 7.98. The van der Waals surface area contributed by atoms with Gasteiger partial charge in [-0.1, -0.05) is 33.2 Å². The van der Waals surface area contributed by atoms with E-state index in [0.29, 0.717) is 18.1 Å². The van der Waals surface area contributed by atoms with Crippen molar-refractivity contribution in [3.63, 3.8) is 0 Å². The molecular weight excluding hydrogens is 258 g/mol. The highest BCUT2D eigenvalue weighted by atomic mass is 79.9. The number of benzene rings is 1.